The topological polar surface area (TPSA) is 119 Å². The van der Waals surface area contributed by atoms with Gasteiger partial charge in [-0.1, -0.05) is 44.2 Å². The van der Waals surface area contributed by atoms with Crippen LogP contribution in [0, 0.1) is 56.2 Å². The Bertz CT molecular complexity index is 866. The summed E-state index contributed by atoms with van der Waals surface area (Å²) < 4.78 is 0. The van der Waals surface area contributed by atoms with E-state index in [1.807, 2.05) is 44.2 Å². The quantitative estimate of drug-likeness (QED) is 0.731. The van der Waals surface area contributed by atoms with Gasteiger partial charge in [-0.3, -0.25) is 9.80 Å². The van der Waals surface area contributed by atoms with Crippen LogP contribution in [0.25, 0.3) is 0 Å². The first kappa shape index (κ1) is 20.9. The van der Waals surface area contributed by atoms with Gasteiger partial charge in [-0.2, -0.15) is 21.0 Å². The first-order valence-corrected chi connectivity index (χ1v) is 9.17. The van der Waals surface area contributed by atoms with Crippen LogP contribution in [0.1, 0.15) is 38.7 Å². The minimum atomic E-state index is -1.98. The molecule has 0 saturated heterocycles. The van der Waals surface area contributed by atoms with Gasteiger partial charge in [0.15, 0.2) is 10.8 Å². The van der Waals surface area contributed by atoms with Gasteiger partial charge in [-0.05, 0) is 12.0 Å². The Morgan fingerprint density at radius 2 is 1.50 bits per heavy atom. The number of carbonyl (C=O) groups excluding carboxylic acids is 1. The van der Waals surface area contributed by atoms with Crippen LogP contribution in [0.15, 0.2) is 30.3 Å². The van der Waals surface area contributed by atoms with Crippen molar-refractivity contribution in [1.82, 2.24) is 10.0 Å². The standard InChI is InChI=1S/C21H22N6O/c1-4-26(5-2)27(16(3)28)19-11-18(17-9-7-6-8-10-17)20(12-22,13-23)21(19,14-24)15-25/h6-10,18-19H,4-5,11H2,1-3H3/t18-,19+/m0/s1. The Balaban J connectivity index is 2.80. The Morgan fingerprint density at radius 1 is 1.00 bits per heavy atom. The summed E-state index contributed by atoms with van der Waals surface area (Å²) in [6.45, 7) is 6.08. The molecule has 1 aromatic carbocycles. The van der Waals surface area contributed by atoms with Gasteiger partial charge < -0.3 is 0 Å². The third-order valence-electron chi connectivity index (χ3n) is 5.66. The number of hydrogen-bond acceptors (Lipinski definition) is 6. The van der Waals surface area contributed by atoms with E-state index >= 15 is 0 Å². The molecule has 0 aromatic heterocycles. The third-order valence-corrected chi connectivity index (χ3v) is 5.66. The second-order valence-corrected chi connectivity index (χ2v) is 6.78. The fourth-order valence-corrected chi connectivity index (χ4v) is 4.32. The molecule has 0 spiro atoms. The number of nitrogens with zero attached hydrogens (tertiary/aromatic N) is 6. The predicted octanol–water partition coefficient (Wildman–Crippen LogP) is 2.71. The van der Waals surface area contributed by atoms with Crippen LogP contribution in [-0.4, -0.2) is 35.1 Å². The van der Waals surface area contributed by atoms with Crippen molar-refractivity contribution in [3.63, 3.8) is 0 Å². The van der Waals surface area contributed by atoms with Crippen LogP contribution in [0.3, 0.4) is 0 Å². The van der Waals surface area contributed by atoms with Gasteiger partial charge >= 0.3 is 0 Å². The summed E-state index contributed by atoms with van der Waals surface area (Å²) in [6.07, 6.45) is 0.169. The predicted molar refractivity (Wildman–Crippen MR) is 100 cm³/mol. The molecule has 0 heterocycles. The Labute approximate surface area is 165 Å². The fraction of sp³-hybridized carbons (Fsp3) is 0.476. The highest BCUT2D eigenvalue weighted by molar-refractivity contribution is 5.74. The fourth-order valence-electron chi connectivity index (χ4n) is 4.32. The van der Waals surface area contributed by atoms with E-state index in [0.717, 1.165) is 0 Å². The molecular weight excluding hydrogens is 352 g/mol. The number of hydrazine groups is 1. The van der Waals surface area contributed by atoms with Gasteiger partial charge in [0.25, 0.3) is 0 Å². The molecule has 0 aliphatic heterocycles. The number of benzene rings is 1. The number of rotatable bonds is 5. The summed E-state index contributed by atoms with van der Waals surface area (Å²) in [5, 5.41) is 43.4. The lowest BCUT2D eigenvalue weighted by molar-refractivity contribution is -0.155. The maximum atomic E-state index is 12.5. The Hall–Kier alpha value is -3.39. The van der Waals surface area contributed by atoms with Crippen molar-refractivity contribution in [3.05, 3.63) is 35.9 Å². The number of amides is 1. The molecule has 2 atom stereocenters. The van der Waals surface area contributed by atoms with E-state index in [4.69, 9.17) is 0 Å². The summed E-state index contributed by atoms with van der Waals surface area (Å²) in [5.74, 6) is -1.01. The van der Waals surface area contributed by atoms with E-state index in [1.165, 1.54) is 11.9 Å². The molecule has 1 aromatic rings. The van der Waals surface area contributed by atoms with Gasteiger partial charge in [0.1, 0.15) is 0 Å². The molecule has 0 radical (unpaired) electrons. The molecule has 1 saturated carbocycles. The molecule has 28 heavy (non-hydrogen) atoms. The van der Waals surface area contributed by atoms with Gasteiger partial charge in [0.05, 0.1) is 30.3 Å². The van der Waals surface area contributed by atoms with E-state index in [2.05, 4.69) is 0 Å². The SMILES string of the molecule is CCN(CC)N(C(C)=O)[C@@H]1C[C@@H](c2ccccc2)C(C#N)(C#N)C1(C#N)C#N. The van der Waals surface area contributed by atoms with Crippen LogP contribution in [0.5, 0.6) is 0 Å². The first-order chi connectivity index (χ1) is 13.4. The molecule has 7 nitrogen and oxygen atoms in total. The number of carbonyl (C=O) groups is 1. The van der Waals surface area contributed by atoms with E-state index < -0.39 is 22.8 Å². The van der Waals surface area contributed by atoms with E-state index in [-0.39, 0.29) is 12.3 Å². The molecular formula is C21H22N6O. The third kappa shape index (κ3) is 2.78. The van der Waals surface area contributed by atoms with Gasteiger partial charge in [-0.15, -0.1) is 0 Å². The maximum Gasteiger partial charge on any atom is 0.234 e. The highest BCUT2D eigenvalue weighted by Crippen LogP contribution is 2.61. The van der Waals surface area contributed by atoms with Crippen molar-refractivity contribution < 1.29 is 4.79 Å². The van der Waals surface area contributed by atoms with Crippen molar-refractivity contribution in [2.75, 3.05) is 13.1 Å². The average Bonchev–Trinajstić information content (AvgIpc) is 3.02. The van der Waals surface area contributed by atoms with Crippen molar-refractivity contribution in [3.8, 4) is 24.3 Å². The molecule has 1 aliphatic carbocycles. The van der Waals surface area contributed by atoms with Gasteiger partial charge in [-0.25, -0.2) is 5.01 Å². The first-order valence-electron chi connectivity index (χ1n) is 9.17. The van der Waals surface area contributed by atoms with Crippen molar-refractivity contribution >= 4 is 5.91 Å². The van der Waals surface area contributed by atoms with Gasteiger partial charge in [0, 0.05) is 25.9 Å². The normalized spacial score (nSPS) is 21.7. The molecule has 2 rings (SSSR count). The van der Waals surface area contributed by atoms with Gasteiger partial charge in [0.2, 0.25) is 5.91 Å². The van der Waals surface area contributed by atoms with E-state index in [0.29, 0.717) is 18.7 Å². The minimum Gasteiger partial charge on any atom is -0.274 e. The van der Waals surface area contributed by atoms with Crippen molar-refractivity contribution in [2.45, 2.75) is 39.2 Å². The molecule has 1 fully saturated rings. The van der Waals surface area contributed by atoms with Crippen molar-refractivity contribution in [2.24, 2.45) is 10.8 Å². The number of nitriles is 4. The zero-order valence-corrected chi connectivity index (χ0v) is 16.3. The zero-order chi connectivity index (χ0) is 20.9. The lowest BCUT2D eigenvalue weighted by Gasteiger charge is -2.41. The van der Waals surface area contributed by atoms with Crippen LogP contribution >= 0.6 is 0 Å². The highest BCUT2D eigenvalue weighted by atomic mass is 16.2. The molecule has 142 valence electrons. The molecule has 0 unspecified atom stereocenters. The lowest BCUT2D eigenvalue weighted by atomic mass is 9.63. The lowest BCUT2D eigenvalue weighted by Crippen LogP contribution is -2.57. The van der Waals surface area contributed by atoms with E-state index in [9.17, 15) is 25.8 Å². The zero-order valence-electron chi connectivity index (χ0n) is 16.3. The molecule has 0 bridgehead atoms. The largest absolute Gasteiger partial charge is 0.274 e. The molecule has 1 aliphatic rings. The van der Waals surface area contributed by atoms with Crippen LogP contribution in [0.4, 0.5) is 0 Å². The maximum absolute atomic E-state index is 12.5. The van der Waals surface area contributed by atoms with Crippen molar-refractivity contribution in [1.29, 1.82) is 21.0 Å². The Kier molecular flexibility index (Phi) is 6.05. The smallest absolute Gasteiger partial charge is 0.234 e. The summed E-state index contributed by atoms with van der Waals surface area (Å²) in [6, 6.07) is 16.0. The van der Waals surface area contributed by atoms with Crippen LogP contribution in [-0.2, 0) is 4.79 Å². The Morgan fingerprint density at radius 3 is 1.89 bits per heavy atom. The summed E-state index contributed by atoms with van der Waals surface area (Å²) in [7, 11) is 0. The summed E-state index contributed by atoms with van der Waals surface area (Å²) in [5.41, 5.74) is -3.18. The van der Waals surface area contributed by atoms with Crippen LogP contribution in [0.2, 0.25) is 0 Å². The summed E-state index contributed by atoms with van der Waals surface area (Å²) >= 11 is 0. The molecule has 1 amide bonds. The summed E-state index contributed by atoms with van der Waals surface area (Å²) in [4.78, 5) is 12.5. The highest BCUT2D eigenvalue weighted by Gasteiger charge is 2.71. The molecule has 0 N–H and O–H groups in total. The minimum absolute atomic E-state index is 0.169. The monoisotopic (exact) mass is 374 g/mol. The number of hydrogen-bond donors (Lipinski definition) is 0. The molecule has 7 heteroatoms. The van der Waals surface area contributed by atoms with E-state index in [1.54, 1.807) is 29.3 Å². The second-order valence-electron chi connectivity index (χ2n) is 6.78. The average molecular weight is 374 g/mol. The second kappa shape index (κ2) is 8.10. The van der Waals surface area contributed by atoms with Crippen LogP contribution < -0.4 is 0 Å².